The summed E-state index contributed by atoms with van der Waals surface area (Å²) in [7, 11) is 3.46. The van der Waals surface area contributed by atoms with Gasteiger partial charge in [0.15, 0.2) is 5.78 Å². The molecule has 0 saturated carbocycles. The predicted octanol–water partition coefficient (Wildman–Crippen LogP) is 0.0545. The molecule has 0 aliphatic heterocycles. The van der Waals surface area contributed by atoms with Crippen molar-refractivity contribution in [2.24, 2.45) is 0 Å². The van der Waals surface area contributed by atoms with Gasteiger partial charge in [-0.3, -0.25) is 19.2 Å². The van der Waals surface area contributed by atoms with Crippen LogP contribution in [-0.4, -0.2) is 50.8 Å². The van der Waals surface area contributed by atoms with Crippen LogP contribution in [0.15, 0.2) is 24.3 Å². The molecule has 1 aromatic carbocycles. The van der Waals surface area contributed by atoms with Gasteiger partial charge in [0.05, 0.1) is 19.8 Å². The van der Waals surface area contributed by atoms with Gasteiger partial charge in [-0.1, -0.05) is 12.1 Å². The maximum atomic E-state index is 11.5. The van der Waals surface area contributed by atoms with Crippen molar-refractivity contribution in [3.63, 3.8) is 0 Å². The number of amides is 2. The molecule has 0 fully saturated rings. The standard InChI is InChI=1S/C11H14N2O2.C6H12N2O2/c1-8(14)9-4-3-5-10(6-9)11(15)13-7-12-2;1-5(9)3-6(10)8-4-7-2/h3-6,12H,7H2,1-2H3,(H,13,15);7H,3-4H2,1-2H3,(H,8,10). The van der Waals surface area contributed by atoms with Gasteiger partial charge < -0.3 is 21.3 Å². The lowest BCUT2D eigenvalue weighted by Gasteiger charge is -2.04. The van der Waals surface area contributed by atoms with E-state index >= 15 is 0 Å². The van der Waals surface area contributed by atoms with Gasteiger partial charge in [0.25, 0.3) is 5.91 Å². The average Bonchev–Trinajstić information content (AvgIpc) is 2.57. The van der Waals surface area contributed by atoms with Crippen molar-refractivity contribution in [3.8, 4) is 0 Å². The summed E-state index contributed by atoms with van der Waals surface area (Å²) in [5, 5.41) is 10.7. The maximum Gasteiger partial charge on any atom is 0.252 e. The molecule has 138 valence electrons. The smallest absolute Gasteiger partial charge is 0.252 e. The molecule has 0 unspecified atom stereocenters. The first-order valence-corrected chi connectivity index (χ1v) is 7.76. The third-order valence-electron chi connectivity index (χ3n) is 2.83. The van der Waals surface area contributed by atoms with Crippen LogP contribution in [0.2, 0.25) is 0 Å². The molecule has 0 atom stereocenters. The molecule has 0 aliphatic rings. The molecule has 0 spiro atoms. The highest BCUT2D eigenvalue weighted by Crippen LogP contribution is 2.05. The van der Waals surface area contributed by atoms with Crippen molar-refractivity contribution in [2.75, 3.05) is 27.4 Å². The summed E-state index contributed by atoms with van der Waals surface area (Å²) < 4.78 is 0. The summed E-state index contributed by atoms with van der Waals surface area (Å²) >= 11 is 0. The van der Waals surface area contributed by atoms with Gasteiger partial charge in [-0.15, -0.1) is 0 Å². The van der Waals surface area contributed by atoms with Crippen molar-refractivity contribution in [3.05, 3.63) is 35.4 Å². The monoisotopic (exact) mass is 350 g/mol. The number of carbonyl (C=O) groups excluding carboxylic acids is 4. The summed E-state index contributed by atoms with van der Waals surface area (Å²) in [6.07, 6.45) is -0.0261. The molecule has 25 heavy (non-hydrogen) atoms. The van der Waals surface area contributed by atoms with Gasteiger partial charge in [0, 0.05) is 11.1 Å². The fourth-order valence-electron chi connectivity index (χ4n) is 1.63. The second kappa shape index (κ2) is 12.8. The van der Waals surface area contributed by atoms with Gasteiger partial charge in [0.1, 0.15) is 5.78 Å². The second-order valence-corrected chi connectivity index (χ2v) is 5.18. The summed E-state index contributed by atoms with van der Waals surface area (Å²) in [5.41, 5.74) is 1.05. The summed E-state index contributed by atoms with van der Waals surface area (Å²) in [6.45, 7) is 3.68. The zero-order valence-corrected chi connectivity index (χ0v) is 15.1. The zero-order chi connectivity index (χ0) is 19.2. The average molecular weight is 350 g/mol. The molecule has 2 amide bonds. The van der Waals surface area contributed by atoms with Crippen LogP contribution in [0.4, 0.5) is 0 Å². The topological polar surface area (TPSA) is 116 Å². The molecule has 8 heteroatoms. The Labute approximate surface area is 147 Å². The second-order valence-electron chi connectivity index (χ2n) is 5.18. The van der Waals surface area contributed by atoms with E-state index in [0.29, 0.717) is 24.5 Å². The number of hydrogen-bond acceptors (Lipinski definition) is 6. The Balaban J connectivity index is 0.000000504. The Morgan fingerprint density at radius 1 is 0.880 bits per heavy atom. The van der Waals surface area contributed by atoms with Crippen molar-refractivity contribution < 1.29 is 19.2 Å². The Kier molecular flexibility index (Phi) is 11.5. The Morgan fingerprint density at radius 2 is 1.44 bits per heavy atom. The molecule has 0 aromatic heterocycles. The van der Waals surface area contributed by atoms with Crippen LogP contribution < -0.4 is 21.3 Å². The van der Waals surface area contributed by atoms with Gasteiger partial charge in [0.2, 0.25) is 5.91 Å². The van der Waals surface area contributed by atoms with E-state index < -0.39 is 0 Å². The Bertz CT molecular complexity index is 602. The lowest BCUT2D eigenvalue weighted by Crippen LogP contribution is -2.32. The van der Waals surface area contributed by atoms with Crippen molar-refractivity contribution in [1.29, 1.82) is 0 Å². The SMILES string of the molecule is CNCNC(=O)CC(C)=O.CNCNC(=O)c1cccc(C(C)=O)c1. The molecule has 1 aromatic rings. The van der Waals surface area contributed by atoms with Crippen LogP contribution >= 0.6 is 0 Å². The van der Waals surface area contributed by atoms with E-state index in [1.807, 2.05) is 0 Å². The molecular formula is C17H26N4O4. The van der Waals surface area contributed by atoms with Gasteiger partial charge in [-0.05, 0) is 40.1 Å². The van der Waals surface area contributed by atoms with Gasteiger partial charge in [-0.25, -0.2) is 0 Å². The minimum absolute atomic E-state index is 0.0261. The van der Waals surface area contributed by atoms with Crippen LogP contribution in [0.25, 0.3) is 0 Å². The molecular weight excluding hydrogens is 324 g/mol. The molecule has 4 N–H and O–H groups in total. The highest BCUT2D eigenvalue weighted by atomic mass is 16.2. The van der Waals surface area contributed by atoms with E-state index in [1.165, 1.54) is 13.8 Å². The molecule has 0 bridgehead atoms. The molecule has 8 nitrogen and oxygen atoms in total. The van der Waals surface area contributed by atoms with Crippen LogP contribution in [0.5, 0.6) is 0 Å². The Morgan fingerprint density at radius 3 is 1.96 bits per heavy atom. The molecule has 0 heterocycles. The highest BCUT2D eigenvalue weighted by molar-refractivity contribution is 5.99. The third-order valence-corrected chi connectivity index (χ3v) is 2.83. The van der Waals surface area contributed by atoms with Gasteiger partial charge in [-0.2, -0.15) is 0 Å². The van der Waals surface area contributed by atoms with Crippen LogP contribution in [0, 0.1) is 0 Å². The summed E-state index contributed by atoms with van der Waals surface area (Å²) in [5.74, 6) is -0.582. The zero-order valence-electron chi connectivity index (χ0n) is 15.1. The number of benzene rings is 1. The predicted molar refractivity (Wildman–Crippen MR) is 95.2 cm³/mol. The lowest BCUT2D eigenvalue weighted by molar-refractivity contribution is -0.127. The maximum absolute atomic E-state index is 11.5. The van der Waals surface area contributed by atoms with Gasteiger partial charge >= 0.3 is 0 Å². The normalized spacial score (nSPS) is 9.44. The number of carbonyl (C=O) groups is 4. The number of rotatable bonds is 8. The number of nitrogens with one attached hydrogen (secondary N) is 4. The quantitative estimate of drug-likeness (QED) is 0.299. The summed E-state index contributed by atoms with van der Waals surface area (Å²) in [6, 6.07) is 6.66. The molecule has 0 aliphatic carbocycles. The van der Waals surface area contributed by atoms with Crippen molar-refractivity contribution >= 4 is 23.4 Å². The fourth-order valence-corrected chi connectivity index (χ4v) is 1.63. The summed E-state index contributed by atoms with van der Waals surface area (Å²) in [4.78, 5) is 43.6. The fraction of sp³-hybridized carbons (Fsp3) is 0.412. The largest absolute Gasteiger partial charge is 0.343 e. The van der Waals surface area contributed by atoms with Crippen molar-refractivity contribution in [2.45, 2.75) is 20.3 Å². The molecule has 0 radical (unpaired) electrons. The van der Waals surface area contributed by atoms with Crippen LogP contribution in [0.3, 0.4) is 0 Å². The molecule has 1 rings (SSSR count). The first-order chi connectivity index (χ1) is 11.8. The van der Waals surface area contributed by atoms with E-state index in [0.717, 1.165) is 0 Å². The van der Waals surface area contributed by atoms with E-state index in [-0.39, 0.29) is 29.8 Å². The number of hydrogen-bond donors (Lipinski definition) is 4. The number of Topliss-reactive ketones (excluding diaryl/α,β-unsaturated/α-hetero) is 2. The minimum Gasteiger partial charge on any atom is -0.343 e. The molecule has 0 saturated heterocycles. The van der Waals surface area contributed by atoms with Crippen molar-refractivity contribution in [1.82, 2.24) is 21.3 Å². The van der Waals surface area contributed by atoms with E-state index in [1.54, 1.807) is 38.4 Å². The number of ketones is 2. The first kappa shape index (κ1) is 22.4. The highest BCUT2D eigenvalue weighted by Gasteiger charge is 2.06. The van der Waals surface area contributed by atoms with E-state index in [9.17, 15) is 19.2 Å². The Hall–Kier alpha value is -2.58. The van der Waals surface area contributed by atoms with Crippen LogP contribution in [0.1, 0.15) is 41.0 Å². The minimum atomic E-state index is -0.234. The first-order valence-electron chi connectivity index (χ1n) is 7.76. The van der Waals surface area contributed by atoms with E-state index in [2.05, 4.69) is 21.3 Å². The lowest BCUT2D eigenvalue weighted by atomic mass is 10.1. The third kappa shape index (κ3) is 10.7. The van der Waals surface area contributed by atoms with Crippen LogP contribution in [-0.2, 0) is 9.59 Å². The van der Waals surface area contributed by atoms with E-state index in [4.69, 9.17) is 0 Å².